The summed E-state index contributed by atoms with van der Waals surface area (Å²) in [5, 5.41) is 3.00. The van der Waals surface area contributed by atoms with Crippen molar-refractivity contribution in [2.75, 3.05) is 13.1 Å². The molecule has 1 aliphatic heterocycles. The molecule has 1 aromatic carbocycles. The van der Waals surface area contributed by atoms with E-state index in [-0.39, 0.29) is 17.9 Å². The quantitative estimate of drug-likeness (QED) is 0.881. The third-order valence-electron chi connectivity index (χ3n) is 4.56. The number of nitrogens with one attached hydrogen (secondary N) is 1. The molecule has 1 unspecified atom stereocenters. The summed E-state index contributed by atoms with van der Waals surface area (Å²) in [5.41, 5.74) is 3.22. The Morgan fingerprint density at radius 2 is 2.04 bits per heavy atom. The van der Waals surface area contributed by atoms with Gasteiger partial charge in [-0.15, -0.1) is 0 Å². The SMILES string of the molecule is CC(NC(=O)CCN1CCCC1=O)c1ccc(-c2cccnc2)cc1. The van der Waals surface area contributed by atoms with Crippen LogP contribution in [-0.2, 0) is 9.59 Å². The minimum atomic E-state index is -0.0651. The molecule has 2 heterocycles. The lowest BCUT2D eigenvalue weighted by molar-refractivity contribution is -0.128. The van der Waals surface area contributed by atoms with Crippen LogP contribution in [0, 0.1) is 0 Å². The summed E-state index contributed by atoms with van der Waals surface area (Å²) >= 11 is 0. The van der Waals surface area contributed by atoms with Crippen LogP contribution in [0.4, 0.5) is 0 Å². The number of carbonyl (C=O) groups excluding carboxylic acids is 2. The monoisotopic (exact) mass is 337 g/mol. The molecule has 1 saturated heterocycles. The Labute approximate surface area is 148 Å². The Morgan fingerprint density at radius 1 is 1.24 bits per heavy atom. The zero-order valence-corrected chi connectivity index (χ0v) is 14.4. The van der Waals surface area contributed by atoms with Crippen molar-refractivity contribution in [3.63, 3.8) is 0 Å². The average molecular weight is 337 g/mol. The molecule has 0 bridgehead atoms. The lowest BCUT2D eigenvalue weighted by atomic mass is 10.0. The molecule has 25 heavy (non-hydrogen) atoms. The molecule has 0 radical (unpaired) electrons. The van der Waals surface area contributed by atoms with E-state index in [4.69, 9.17) is 0 Å². The van der Waals surface area contributed by atoms with Gasteiger partial charge in [0.25, 0.3) is 0 Å². The molecule has 1 atom stereocenters. The smallest absolute Gasteiger partial charge is 0.222 e. The summed E-state index contributed by atoms with van der Waals surface area (Å²) in [6.45, 7) is 3.26. The highest BCUT2D eigenvalue weighted by Gasteiger charge is 2.20. The second-order valence-electron chi connectivity index (χ2n) is 6.39. The van der Waals surface area contributed by atoms with Gasteiger partial charge in [-0.05, 0) is 36.1 Å². The van der Waals surface area contributed by atoms with Crippen LogP contribution in [0.25, 0.3) is 11.1 Å². The molecule has 5 nitrogen and oxygen atoms in total. The third kappa shape index (κ3) is 4.44. The maximum Gasteiger partial charge on any atom is 0.222 e. The normalized spacial score (nSPS) is 15.2. The first-order chi connectivity index (χ1) is 12.1. The average Bonchev–Trinajstić information content (AvgIpc) is 3.06. The van der Waals surface area contributed by atoms with Crippen molar-refractivity contribution >= 4 is 11.8 Å². The fourth-order valence-corrected chi connectivity index (χ4v) is 3.07. The van der Waals surface area contributed by atoms with Gasteiger partial charge in [0.2, 0.25) is 11.8 Å². The van der Waals surface area contributed by atoms with Gasteiger partial charge >= 0.3 is 0 Å². The molecular weight excluding hydrogens is 314 g/mol. The van der Waals surface area contributed by atoms with Gasteiger partial charge in [0.05, 0.1) is 6.04 Å². The van der Waals surface area contributed by atoms with E-state index in [1.807, 2.05) is 49.5 Å². The number of hydrogen-bond acceptors (Lipinski definition) is 3. The first-order valence-corrected chi connectivity index (χ1v) is 8.71. The zero-order valence-electron chi connectivity index (χ0n) is 14.4. The molecule has 130 valence electrons. The highest BCUT2D eigenvalue weighted by molar-refractivity contribution is 5.80. The Kier molecular flexibility index (Phi) is 5.43. The number of amides is 2. The number of rotatable bonds is 6. The number of likely N-dealkylation sites (tertiary alicyclic amines) is 1. The minimum Gasteiger partial charge on any atom is -0.350 e. The largest absolute Gasteiger partial charge is 0.350 e. The summed E-state index contributed by atoms with van der Waals surface area (Å²) in [6.07, 6.45) is 5.45. The zero-order chi connectivity index (χ0) is 17.6. The van der Waals surface area contributed by atoms with Crippen LogP contribution in [0.5, 0.6) is 0 Å². The highest BCUT2D eigenvalue weighted by Crippen LogP contribution is 2.21. The van der Waals surface area contributed by atoms with Crippen molar-refractivity contribution in [3.05, 3.63) is 54.4 Å². The van der Waals surface area contributed by atoms with E-state index in [1.165, 1.54) is 0 Å². The number of hydrogen-bond donors (Lipinski definition) is 1. The van der Waals surface area contributed by atoms with Crippen LogP contribution in [0.3, 0.4) is 0 Å². The Balaban J connectivity index is 1.53. The molecular formula is C20H23N3O2. The first kappa shape index (κ1) is 17.1. The molecule has 2 aromatic rings. The number of carbonyl (C=O) groups is 2. The first-order valence-electron chi connectivity index (χ1n) is 8.71. The molecule has 1 aliphatic rings. The molecule has 0 saturated carbocycles. The lowest BCUT2D eigenvalue weighted by Gasteiger charge is -2.18. The van der Waals surface area contributed by atoms with Crippen LogP contribution < -0.4 is 5.32 Å². The molecule has 1 N–H and O–H groups in total. The number of benzene rings is 1. The Hall–Kier alpha value is -2.69. The molecule has 3 rings (SSSR count). The van der Waals surface area contributed by atoms with E-state index >= 15 is 0 Å². The van der Waals surface area contributed by atoms with E-state index < -0.39 is 0 Å². The number of aromatic nitrogens is 1. The lowest BCUT2D eigenvalue weighted by Crippen LogP contribution is -2.32. The van der Waals surface area contributed by atoms with E-state index in [0.717, 1.165) is 29.7 Å². The van der Waals surface area contributed by atoms with Crippen molar-refractivity contribution in [2.24, 2.45) is 0 Å². The maximum absolute atomic E-state index is 12.1. The van der Waals surface area contributed by atoms with Gasteiger partial charge in [0, 0.05) is 38.3 Å². The minimum absolute atomic E-state index is 0.0245. The van der Waals surface area contributed by atoms with Gasteiger partial charge in [-0.3, -0.25) is 14.6 Å². The van der Waals surface area contributed by atoms with Crippen molar-refractivity contribution < 1.29 is 9.59 Å². The van der Waals surface area contributed by atoms with Crippen molar-refractivity contribution in [1.29, 1.82) is 0 Å². The number of nitrogens with zero attached hydrogens (tertiary/aromatic N) is 2. The summed E-state index contributed by atoms with van der Waals surface area (Å²) in [4.78, 5) is 29.6. The predicted octanol–water partition coefficient (Wildman–Crippen LogP) is 2.94. The maximum atomic E-state index is 12.1. The van der Waals surface area contributed by atoms with Gasteiger partial charge in [-0.2, -0.15) is 0 Å². The summed E-state index contributed by atoms with van der Waals surface area (Å²) in [6, 6.07) is 12.0. The predicted molar refractivity (Wildman–Crippen MR) is 96.7 cm³/mol. The second-order valence-corrected chi connectivity index (χ2v) is 6.39. The summed E-state index contributed by atoms with van der Waals surface area (Å²) in [7, 11) is 0. The molecule has 0 spiro atoms. The van der Waals surface area contributed by atoms with Crippen LogP contribution in [0.1, 0.15) is 37.8 Å². The molecule has 5 heteroatoms. The van der Waals surface area contributed by atoms with E-state index in [1.54, 1.807) is 11.1 Å². The molecule has 2 amide bonds. The van der Waals surface area contributed by atoms with Gasteiger partial charge < -0.3 is 10.2 Å². The standard InChI is InChI=1S/C20H23N3O2/c1-15(22-19(24)10-13-23-12-3-5-20(23)25)16-6-8-17(9-7-16)18-4-2-11-21-14-18/h2,4,6-9,11,14-15H,3,5,10,12-13H2,1H3,(H,22,24). The Morgan fingerprint density at radius 3 is 2.68 bits per heavy atom. The van der Waals surface area contributed by atoms with Crippen molar-refractivity contribution in [1.82, 2.24) is 15.2 Å². The summed E-state index contributed by atoms with van der Waals surface area (Å²) in [5.74, 6) is 0.135. The van der Waals surface area contributed by atoms with Gasteiger partial charge in [0.1, 0.15) is 0 Å². The molecule has 1 aromatic heterocycles. The summed E-state index contributed by atoms with van der Waals surface area (Å²) < 4.78 is 0. The van der Waals surface area contributed by atoms with E-state index in [0.29, 0.717) is 19.4 Å². The van der Waals surface area contributed by atoms with Crippen LogP contribution >= 0.6 is 0 Å². The Bertz CT molecular complexity index is 728. The highest BCUT2D eigenvalue weighted by atomic mass is 16.2. The van der Waals surface area contributed by atoms with Crippen molar-refractivity contribution in [3.8, 4) is 11.1 Å². The van der Waals surface area contributed by atoms with Crippen LogP contribution in [0.2, 0.25) is 0 Å². The van der Waals surface area contributed by atoms with Crippen molar-refractivity contribution in [2.45, 2.75) is 32.2 Å². The molecule has 0 aliphatic carbocycles. The van der Waals surface area contributed by atoms with Crippen LogP contribution in [-0.4, -0.2) is 34.8 Å². The fourth-order valence-electron chi connectivity index (χ4n) is 3.07. The van der Waals surface area contributed by atoms with Gasteiger partial charge in [-0.1, -0.05) is 30.3 Å². The second kappa shape index (κ2) is 7.92. The van der Waals surface area contributed by atoms with E-state index in [2.05, 4.69) is 10.3 Å². The molecule has 1 fully saturated rings. The van der Waals surface area contributed by atoms with E-state index in [9.17, 15) is 9.59 Å². The van der Waals surface area contributed by atoms with Gasteiger partial charge in [-0.25, -0.2) is 0 Å². The fraction of sp³-hybridized carbons (Fsp3) is 0.350. The van der Waals surface area contributed by atoms with Crippen LogP contribution in [0.15, 0.2) is 48.8 Å². The third-order valence-corrected chi connectivity index (χ3v) is 4.56. The van der Waals surface area contributed by atoms with Gasteiger partial charge in [0.15, 0.2) is 0 Å². The number of pyridine rings is 1. The topological polar surface area (TPSA) is 62.3 Å².